The van der Waals surface area contributed by atoms with Crippen LogP contribution in [0.15, 0.2) is 0 Å². The van der Waals surface area contributed by atoms with Gasteiger partial charge in [0.05, 0.1) is 18.8 Å². The number of rotatable bonds is 0. The van der Waals surface area contributed by atoms with Gasteiger partial charge < -0.3 is 14.8 Å². The Morgan fingerprint density at radius 2 is 2.00 bits per heavy atom. The van der Waals surface area contributed by atoms with E-state index in [9.17, 15) is 4.79 Å². The van der Waals surface area contributed by atoms with Gasteiger partial charge in [-0.25, -0.2) is 4.79 Å². The number of hydrogen-bond donors (Lipinski definition) is 1. The van der Waals surface area contributed by atoms with E-state index in [1.165, 1.54) is 0 Å². The molecular weight excluding hydrogens is 232 g/mol. The normalized spacial score (nSPS) is 24.1. The van der Waals surface area contributed by atoms with Crippen LogP contribution in [0.25, 0.3) is 0 Å². The molecule has 0 aliphatic carbocycles. The van der Waals surface area contributed by atoms with E-state index in [-0.39, 0.29) is 11.6 Å². The highest BCUT2D eigenvalue weighted by molar-refractivity contribution is 5.69. The first kappa shape index (κ1) is 13.6. The van der Waals surface area contributed by atoms with Crippen molar-refractivity contribution >= 4 is 6.09 Å². The summed E-state index contributed by atoms with van der Waals surface area (Å²) in [6.07, 6.45) is 1.67. The van der Waals surface area contributed by atoms with E-state index in [0.29, 0.717) is 19.8 Å². The number of hydrogen-bond acceptors (Lipinski definition) is 4. The van der Waals surface area contributed by atoms with Crippen molar-refractivity contribution in [1.29, 1.82) is 0 Å². The quantitative estimate of drug-likeness (QED) is 0.711. The number of carbonyl (C=O) groups excluding carboxylic acids is 1. The lowest BCUT2D eigenvalue weighted by molar-refractivity contribution is -0.0854. The second-order valence-electron chi connectivity index (χ2n) is 6.16. The Morgan fingerprint density at radius 3 is 2.61 bits per heavy atom. The highest BCUT2D eigenvalue weighted by Gasteiger charge is 2.44. The van der Waals surface area contributed by atoms with Crippen molar-refractivity contribution < 1.29 is 14.3 Å². The Balaban J connectivity index is 2.10. The molecule has 1 amide bonds. The molecule has 104 valence electrons. The number of ether oxygens (including phenoxy) is 2. The molecule has 1 N–H and O–H groups in total. The average Bonchev–Trinajstić information content (AvgIpc) is 2.28. The minimum Gasteiger partial charge on any atom is -0.444 e. The minimum absolute atomic E-state index is 0.161. The van der Waals surface area contributed by atoms with E-state index in [4.69, 9.17) is 9.47 Å². The van der Waals surface area contributed by atoms with E-state index in [2.05, 4.69) is 5.32 Å². The fourth-order valence-corrected chi connectivity index (χ4v) is 2.64. The molecule has 0 unspecified atom stereocenters. The predicted octanol–water partition coefficient (Wildman–Crippen LogP) is 1.38. The van der Waals surface area contributed by atoms with E-state index >= 15 is 0 Å². The van der Waals surface area contributed by atoms with Gasteiger partial charge in [-0.2, -0.15) is 0 Å². The van der Waals surface area contributed by atoms with Crippen LogP contribution in [0.1, 0.15) is 33.6 Å². The van der Waals surface area contributed by atoms with Gasteiger partial charge in [0, 0.05) is 6.54 Å². The topological polar surface area (TPSA) is 50.8 Å². The van der Waals surface area contributed by atoms with Crippen molar-refractivity contribution in [3.05, 3.63) is 0 Å². The zero-order valence-electron chi connectivity index (χ0n) is 11.6. The van der Waals surface area contributed by atoms with Gasteiger partial charge in [0.25, 0.3) is 0 Å². The summed E-state index contributed by atoms with van der Waals surface area (Å²) in [6, 6.07) is 0. The van der Waals surface area contributed by atoms with Gasteiger partial charge in [-0.1, -0.05) is 0 Å². The van der Waals surface area contributed by atoms with Crippen LogP contribution in [0.4, 0.5) is 4.79 Å². The van der Waals surface area contributed by atoms with Gasteiger partial charge >= 0.3 is 6.09 Å². The van der Waals surface area contributed by atoms with Crippen LogP contribution in [0.5, 0.6) is 0 Å². The van der Waals surface area contributed by atoms with Gasteiger partial charge in [-0.15, -0.1) is 0 Å². The summed E-state index contributed by atoms with van der Waals surface area (Å²) in [4.78, 5) is 14.2. The second kappa shape index (κ2) is 5.05. The van der Waals surface area contributed by atoms with Crippen LogP contribution in [0.2, 0.25) is 0 Å². The summed E-state index contributed by atoms with van der Waals surface area (Å²) in [5, 5.41) is 3.33. The first-order chi connectivity index (χ1) is 8.43. The summed E-state index contributed by atoms with van der Waals surface area (Å²) in [6.45, 7) is 9.45. The third-order valence-corrected chi connectivity index (χ3v) is 3.55. The Bertz CT molecular complexity index is 298. The summed E-state index contributed by atoms with van der Waals surface area (Å²) in [7, 11) is 0. The largest absolute Gasteiger partial charge is 0.444 e. The monoisotopic (exact) mass is 256 g/mol. The standard InChI is InChI=1S/C13H24N2O3/c1-12(2,3)18-11(16)15-8-9-17-10-13(15)4-6-14-7-5-13/h14H,4-10H2,1-3H3. The van der Waals surface area contributed by atoms with Crippen LogP contribution in [0.3, 0.4) is 0 Å². The lowest BCUT2D eigenvalue weighted by Gasteiger charge is -2.48. The first-order valence-corrected chi connectivity index (χ1v) is 6.72. The summed E-state index contributed by atoms with van der Waals surface area (Å²) in [5.74, 6) is 0. The van der Waals surface area contributed by atoms with Gasteiger partial charge in [-0.05, 0) is 46.7 Å². The van der Waals surface area contributed by atoms with E-state index < -0.39 is 5.60 Å². The zero-order chi connectivity index (χ0) is 13.2. The molecule has 5 nitrogen and oxygen atoms in total. The molecule has 0 radical (unpaired) electrons. The lowest BCUT2D eigenvalue weighted by Crippen LogP contribution is -2.63. The summed E-state index contributed by atoms with van der Waals surface area (Å²) >= 11 is 0. The molecule has 0 aromatic heterocycles. The van der Waals surface area contributed by atoms with Gasteiger partial charge in [-0.3, -0.25) is 4.90 Å². The third kappa shape index (κ3) is 2.95. The molecule has 2 aliphatic rings. The molecule has 0 atom stereocenters. The average molecular weight is 256 g/mol. The molecule has 2 heterocycles. The highest BCUT2D eigenvalue weighted by Crippen LogP contribution is 2.30. The number of nitrogens with zero attached hydrogens (tertiary/aromatic N) is 1. The Morgan fingerprint density at radius 1 is 1.33 bits per heavy atom. The predicted molar refractivity (Wildman–Crippen MR) is 68.6 cm³/mol. The van der Waals surface area contributed by atoms with Crippen molar-refractivity contribution in [3.63, 3.8) is 0 Å². The maximum atomic E-state index is 12.3. The number of carbonyl (C=O) groups is 1. The smallest absolute Gasteiger partial charge is 0.410 e. The zero-order valence-corrected chi connectivity index (χ0v) is 11.6. The molecule has 5 heteroatoms. The lowest BCUT2D eigenvalue weighted by atomic mass is 9.86. The number of morpholine rings is 1. The highest BCUT2D eigenvalue weighted by atomic mass is 16.6. The summed E-state index contributed by atoms with van der Waals surface area (Å²) < 4.78 is 11.1. The first-order valence-electron chi connectivity index (χ1n) is 6.72. The molecule has 18 heavy (non-hydrogen) atoms. The second-order valence-corrected chi connectivity index (χ2v) is 6.16. The SMILES string of the molecule is CC(C)(C)OC(=O)N1CCOCC12CCNCC2. The third-order valence-electron chi connectivity index (χ3n) is 3.55. The Kier molecular flexibility index (Phi) is 3.82. The molecule has 0 bridgehead atoms. The number of nitrogens with one attached hydrogen (secondary N) is 1. The van der Waals surface area contributed by atoms with E-state index in [1.807, 2.05) is 25.7 Å². The molecular formula is C13H24N2O3. The van der Waals surface area contributed by atoms with Crippen LogP contribution >= 0.6 is 0 Å². The van der Waals surface area contributed by atoms with Crippen molar-refractivity contribution in [3.8, 4) is 0 Å². The van der Waals surface area contributed by atoms with Gasteiger partial charge in [0.1, 0.15) is 5.60 Å². The minimum atomic E-state index is -0.441. The fourth-order valence-electron chi connectivity index (χ4n) is 2.64. The van der Waals surface area contributed by atoms with Crippen LogP contribution < -0.4 is 5.32 Å². The maximum Gasteiger partial charge on any atom is 0.410 e. The van der Waals surface area contributed by atoms with Gasteiger partial charge in [0.15, 0.2) is 0 Å². The molecule has 2 aliphatic heterocycles. The van der Waals surface area contributed by atoms with Crippen molar-refractivity contribution in [2.75, 3.05) is 32.8 Å². The molecule has 2 fully saturated rings. The fraction of sp³-hybridized carbons (Fsp3) is 0.923. The van der Waals surface area contributed by atoms with Crippen molar-refractivity contribution in [1.82, 2.24) is 10.2 Å². The number of amides is 1. The van der Waals surface area contributed by atoms with Crippen LogP contribution in [-0.4, -0.2) is 55.0 Å². The Labute approximate surface area is 109 Å². The number of piperidine rings is 1. The molecule has 0 saturated carbocycles. The van der Waals surface area contributed by atoms with E-state index in [0.717, 1.165) is 25.9 Å². The van der Waals surface area contributed by atoms with Crippen LogP contribution in [0, 0.1) is 0 Å². The molecule has 2 rings (SSSR count). The summed E-state index contributed by atoms with van der Waals surface area (Å²) in [5.41, 5.74) is -0.602. The molecule has 2 saturated heterocycles. The van der Waals surface area contributed by atoms with Gasteiger partial charge in [0.2, 0.25) is 0 Å². The molecule has 0 aromatic rings. The van der Waals surface area contributed by atoms with Crippen molar-refractivity contribution in [2.24, 2.45) is 0 Å². The molecule has 0 aromatic carbocycles. The molecule has 1 spiro atoms. The van der Waals surface area contributed by atoms with Crippen molar-refractivity contribution in [2.45, 2.75) is 44.8 Å². The van der Waals surface area contributed by atoms with Crippen LogP contribution in [-0.2, 0) is 9.47 Å². The maximum absolute atomic E-state index is 12.3. The van der Waals surface area contributed by atoms with E-state index in [1.54, 1.807) is 0 Å². The Hall–Kier alpha value is -0.810.